The highest BCUT2D eigenvalue weighted by molar-refractivity contribution is 6.30. The van der Waals surface area contributed by atoms with Crippen LogP contribution in [0, 0.1) is 11.3 Å². The number of amides is 1. The summed E-state index contributed by atoms with van der Waals surface area (Å²) in [6.45, 7) is 0.431. The number of halogens is 1. The highest BCUT2D eigenvalue weighted by Gasteiger charge is 2.14. The molecule has 27 heavy (non-hydrogen) atoms. The number of hydrogen-bond donors (Lipinski definition) is 2. The van der Waals surface area contributed by atoms with Gasteiger partial charge in [-0.25, -0.2) is 0 Å². The van der Waals surface area contributed by atoms with Crippen molar-refractivity contribution in [2.75, 3.05) is 19.2 Å². The van der Waals surface area contributed by atoms with Gasteiger partial charge in [-0.3, -0.25) is 4.79 Å². The third-order valence-corrected chi connectivity index (χ3v) is 4.02. The van der Waals surface area contributed by atoms with E-state index in [1.807, 2.05) is 12.1 Å². The van der Waals surface area contributed by atoms with Crippen LogP contribution in [0.2, 0.25) is 5.02 Å². The molecule has 1 amide bonds. The number of methoxy groups -OCH3 is 1. The van der Waals surface area contributed by atoms with E-state index in [2.05, 4.69) is 10.6 Å². The van der Waals surface area contributed by atoms with Gasteiger partial charge in [0.05, 0.1) is 12.8 Å². The fraction of sp³-hybridized carbons (Fsp3) is 0.158. The van der Waals surface area contributed by atoms with Gasteiger partial charge in [-0.2, -0.15) is 5.26 Å². The van der Waals surface area contributed by atoms with Gasteiger partial charge in [0.2, 0.25) is 6.79 Å². The van der Waals surface area contributed by atoms with Gasteiger partial charge >= 0.3 is 0 Å². The number of nitrogens with zero attached hydrogens (tertiary/aromatic N) is 1. The number of benzene rings is 2. The number of carbonyl (C=O) groups excluding carboxylic acids is 1. The van der Waals surface area contributed by atoms with Crippen molar-refractivity contribution < 1.29 is 19.0 Å². The minimum absolute atomic E-state index is 0.0854. The quantitative estimate of drug-likeness (QED) is 0.586. The van der Waals surface area contributed by atoms with Crippen molar-refractivity contribution in [2.45, 2.75) is 6.54 Å². The molecule has 0 spiro atoms. The molecule has 0 aliphatic carbocycles. The number of nitrogens with one attached hydrogen (secondary N) is 2. The number of hydrogen-bond acceptors (Lipinski definition) is 6. The minimum Gasteiger partial charge on any atom is -0.495 e. The zero-order chi connectivity index (χ0) is 19.2. The lowest BCUT2D eigenvalue weighted by molar-refractivity contribution is -0.117. The number of ether oxygens (including phenoxy) is 3. The molecule has 0 unspecified atom stereocenters. The first-order valence-corrected chi connectivity index (χ1v) is 8.35. The molecule has 2 aromatic carbocycles. The van der Waals surface area contributed by atoms with Crippen molar-refractivity contribution in [1.82, 2.24) is 5.32 Å². The van der Waals surface area contributed by atoms with Crippen molar-refractivity contribution in [3.05, 3.63) is 58.8 Å². The van der Waals surface area contributed by atoms with Crippen LogP contribution in [0.25, 0.3) is 0 Å². The predicted molar refractivity (Wildman–Crippen MR) is 99.7 cm³/mol. The Morgan fingerprint density at radius 3 is 2.89 bits per heavy atom. The molecule has 0 saturated carbocycles. The molecule has 138 valence electrons. The van der Waals surface area contributed by atoms with Gasteiger partial charge < -0.3 is 24.8 Å². The second kappa shape index (κ2) is 8.34. The molecular weight excluding hydrogens is 370 g/mol. The summed E-state index contributed by atoms with van der Waals surface area (Å²) in [7, 11) is 1.52. The Labute approximate surface area is 161 Å². The van der Waals surface area contributed by atoms with Crippen LogP contribution in [0.1, 0.15) is 5.56 Å². The first-order valence-electron chi connectivity index (χ1n) is 7.98. The molecule has 0 aromatic heterocycles. The molecular formula is C19H16ClN3O4. The average Bonchev–Trinajstić information content (AvgIpc) is 3.14. The van der Waals surface area contributed by atoms with Crippen molar-refractivity contribution in [3.8, 4) is 23.3 Å². The fourth-order valence-electron chi connectivity index (χ4n) is 2.42. The maximum absolute atomic E-state index is 12.3. The van der Waals surface area contributed by atoms with E-state index in [4.69, 9.17) is 25.8 Å². The Morgan fingerprint density at radius 2 is 2.11 bits per heavy atom. The largest absolute Gasteiger partial charge is 0.495 e. The van der Waals surface area contributed by atoms with Crippen LogP contribution >= 0.6 is 11.6 Å². The number of fused-ring (bicyclic) bond motifs is 1. The monoisotopic (exact) mass is 385 g/mol. The molecule has 1 aliphatic rings. The average molecular weight is 386 g/mol. The van der Waals surface area contributed by atoms with E-state index >= 15 is 0 Å². The summed E-state index contributed by atoms with van der Waals surface area (Å²) in [5, 5.41) is 15.3. The molecule has 8 heteroatoms. The Bertz CT molecular complexity index is 937. The van der Waals surface area contributed by atoms with E-state index in [0.29, 0.717) is 28.0 Å². The topological polar surface area (TPSA) is 92.6 Å². The molecule has 2 N–H and O–H groups in total. The lowest BCUT2D eigenvalue weighted by Crippen LogP contribution is -2.24. The number of carbonyl (C=O) groups is 1. The second-order valence-electron chi connectivity index (χ2n) is 5.53. The summed E-state index contributed by atoms with van der Waals surface area (Å²) in [6, 6.07) is 12.2. The van der Waals surface area contributed by atoms with E-state index in [0.717, 1.165) is 5.56 Å². The highest BCUT2D eigenvalue weighted by Crippen LogP contribution is 2.32. The van der Waals surface area contributed by atoms with Crippen LogP contribution in [0.15, 0.2) is 48.2 Å². The first-order chi connectivity index (χ1) is 13.1. The van der Waals surface area contributed by atoms with Crippen molar-refractivity contribution in [3.63, 3.8) is 0 Å². The van der Waals surface area contributed by atoms with Crippen LogP contribution in [-0.2, 0) is 11.3 Å². The van der Waals surface area contributed by atoms with Gasteiger partial charge in [-0.1, -0.05) is 17.7 Å². The van der Waals surface area contributed by atoms with E-state index in [9.17, 15) is 10.1 Å². The zero-order valence-corrected chi connectivity index (χ0v) is 15.2. The molecule has 0 bridgehead atoms. The predicted octanol–water partition coefficient (Wildman–Crippen LogP) is 3.21. The number of rotatable bonds is 6. The molecule has 0 saturated heterocycles. The standard InChI is InChI=1S/C19H16ClN3O4/c1-25-16-5-3-14(20)7-15(16)22-10-13(8-21)19(24)23-9-12-2-4-17-18(6-12)27-11-26-17/h2-7,10,22H,9,11H2,1H3,(H,23,24)/b13-10-. The van der Waals surface area contributed by atoms with E-state index in [-0.39, 0.29) is 18.9 Å². The summed E-state index contributed by atoms with van der Waals surface area (Å²) >= 11 is 5.96. The highest BCUT2D eigenvalue weighted by atomic mass is 35.5. The molecule has 3 rings (SSSR count). The lowest BCUT2D eigenvalue weighted by atomic mass is 10.2. The first kappa shape index (κ1) is 18.4. The van der Waals surface area contributed by atoms with E-state index in [1.54, 1.807) is 30.3 Å². The van der Waals surface area contributed by atoms with Gasteiger partial charge in [0.15, 0.2) is 11.5 Å². The second-order valence-corrected chi connectivity index (χ2v) is 5.97. The third-order valence-electron chi connectivity index (χ3n) is 3.79. The van der Waals surface area contributed by atoms with Crippen LogP contribution in [-0.4, -0.2) is 19.8 Å². The maximum atomic E-state index is 12.3. The minimum atomic E-state index is -0.510. The zero-order valence-electron chi connectivity index (χ0n) is 14.4. The van der Waals surface area contributed by atoms with Crippen LogP contribution < -0.4 is 24.8 Å². The molecule has 0 atom stereocenters. The van der Waals surface area contributed by atoms with E-state index in [1.165, 1.54) is 13.3 Å². The molecule has 1 aliphatic heterocycles. The Kier molecular flexibility index (Phi) is 5.69. The lowest BCUT2D eigenvalue weighted by Gasteiger charge is -2.09. The molecule has 2 aromatic rings. The van der Waals surface area contributed by atoms with Crippen LogP contribution in [0.3, 0.4) is 0 Å². The van der Waals surface area contributed by atoms with Gasteiger partial charge in [0.25, 0.3) is 5.91 Å². The smallest absolute Gasteiger partial charge is 0.263 e. The summed E-state index contributed by atoms with van der Waals surface area (Å²) in [5.74, 6) is 1.33. The van der Waals surface area contributed by atoms with Crippen molar-refractivity contribution in [2.24, 2.45) is 0 Å². The van der Waals surface area contributed by atoms with E-state index < -0.39 is 5.91 Å². The van der Waals surface area contributed by atoms with Crippen LogP contribution in [0.5, 0.6) is 17.2 Å². The molecule has 7 nitrogen and oxygen atoms in total. The molecule has 0 radical (unpaired) electrons. The summed E-state index contributed by atoms with van der Waals surface area (Å²) in [5.41, 5.74) is 1.29. The SMILES string of the molecule is COc1ccc(Cl)cc1N/C=C(/C#N)C(=O)NCc1ccc2c(c1)OCO2. The fourth-order valence-corrected chi connectivity index (χ4v) is 2.59. The molecule has 1 heterocycles. The Balaban J connectivity index is 1.65. The van der Waals surface area contributed by atoms with Gasteiger partial charge in [0.1, 0.15) is 17.4 Å². The number of anilines is 1. The summed E-state index contributed by atoms with van der Waals surface area (Å²) < 4.78 is 15.8. The van der Waals surface area contributed by atoms with Gasteiger partial charge in [-0.15, -0.1) is 0 Å². The van der Waals surface area contributed by atoms with Crippen molar-refractivity contribution >= 4 is 23.2 Å². The summed E-state index contributed by atoms with van der Waals surface area (Å²) in [4.78, 5) is 12.3. The molecule has 0 fully saturated rings. The van der Waals surface area contributed by atoms with Crippen LogP contribution in [0.4, 0.5) is 5.69 Å². The van der Waals surface area contributed by atoms with Crippen molar-refractivity contribution in [1.29, 1.82) is 5.26 Å². The normalized spacial score (nSPS) is 12.3. The summed E-state index contributed by atoms with van der Waals surface area (Å²) in [6.07, 6.45) is 1.31. The third kappa shape index (κ3) is 4.43. The van der Waals surface area contributed by atoms with Gasteiger partial charge in [-0.05, 0) is 35.9 Å². The van der Waals surface area contributed by atoms with Gasteiger partial charge in [0, 0.05) is 17.8 Å². The maximum Gasteiger partial charge on any atom is 0.263 e. The Hall–Kier alpha value is -3.37. The Morgan fingerprint density at radius 1 is 1.30 bits per heavy atom. The number of nitriles is 1.